The van der Waals surface area contributed by atoms with Gasteiger partial charge < -0.3 is 24.4 Å². The number of nitrogens with one attached hydrogen (secondary N) is 1. The summed E-state index contributed by atoms with van der Waals surface area (Å²) in [6, 6.07) is 17.1. The summed E-state index contributed by atoms with van der Waals surface area (Å²) in [7, 11) is 6.33. The number of hydrogen-bond donors (Lipinski definition) is 1. The SMILES string of the molecule is COc1ccc(NC(=O)[C@H]2c3ccccc3C(=O)N(C)[C@H]2c2ccc(OC)c(OC)c2)cc1Cl. The molecule has 1 aliphatic heterocycles. The second-order valence-electron chi connectivity index (χ2n) is 7.88. The minimum absolute atomic E-state index is 0.160. The number of anilines is 1. The van der Waals surface area contributed by atoms with Gasteiger partial charge in [-0.1, -0.05) is 35.9 Å². The van der Waals surface area contributed by atoms with Crippen LogP contribution in [0.4, 0.5) is 5.69 Å². The number of likely N-dealkylation sites (N-methyl/N-ethyl adjacent to an activating group) is 1. The van der Waals surface area contributed by atoms with Crippen LogP contribution in [-0.4, -0.2) is 45.1 Å². The van der Waals surface area contributed by atoms with E-state index in [0.29, 0.717) is 39.1 Å². The molecule has 3 aromatic rings. The number of nitrogens with zero attached hydrogens (tertiary/aromatic N) is 1. The van der Waals surface area contributed by atoms with Crippen molar-refractivity contribution in [3.8, 4) is 17.2 Å². The van der Waals surface area contributed by atoms with Gasteiger partial charge in [-0.3, -0.25) is 9.59 Å². The molecule has 2 atom stereocenters. The van der Waals surface area contributed by atoms with Crippen LogP contribution >= 0.6 is 11.6 Å². The van der Waals surface area contributed by atoms with Crippen LogP contribution < -0.4 is 19.5 Å². The second kappa shape index (κ2) is 9.65. The maximum Gasteiger partial charge on any atom is 0.254 e. The van der Waals surface area contributed by atoms with Gasteiger partial charge in [-0.25, -0.2) is 0 Å². The van der Waals surface area contributed by atoms with Crippen molar-refractivity contribution in [2.45, 2.75) is 12.0 Å². The molecular weight excluding hydrogens is 456 g/mol. The Hall–Kier alpha value is -3.71. The van der Waals surface area contributed by atoms with Gasteiger partial charge in [0.1, 0.15) is 5.75 Å². The Labute approximate surface area is 203 Å². The summed E-state index contributed by atoms with van der Waals surface area (Å²) in [6.07, 6.45) is 0. The molecule has 0 saturated heterocycles. The minimum atomic E-state index is -0.683. The molecule has 1 heterocycles. The smallest absolute Gasteiger partial charge is 0.254 e. The minimum Gasteiger partial charge on any atom is -0.495 e. The van der Waals surface area contributed by atoms with Crippen molar-refractivity contribution in [3.63, 3.8) is 0 Å². The number of fused-ring (bicyclic) bond motifs is 1. The molecule has 176 valence electrons. The molecule has 0 unspecified atom stereocenters. The first kappa shape index (κ1) is 23.4. The number of carbonyl (C=O) groups excluding carboxylic acids is 2. The highest BCUT2D eigenvalue weighted by atomic mass is 35.5. The van der Waals surface area contributed by atoms with Crippen LogP contribution in [0, 0.1) is 0 Å². The van der Waals surface area contributed by atoms with E-state index in [2.05, 4.69) is 5.32 Å². The normalized spacial score (nSPS) is 17.1. The van der Waals surface area contributed by atoms with Gasteiger partial charge in [-0.2, -0.15) is 0 Å². The number of halogens is 1. The predicted molar refractivity (Wildman–Crippen MR) is 130 cm³/mol. The average Bonchev–Trinajstić information content (AvgIpc) is 2.85. The topological polar surface area (TPSA) is 77.1 Å². The summed E-state index contributed by atoms with van der Waals surface area (Å²) in [5.41, 5.74) is 2.42. The fourth-order valence-electron chi connectivity index (χ4n) is 4.37. The molecule has 0 aromatic heterocycles. The second-order valence-corrected chi connectivity index (χ2v) is 8.29. The lowest BCUT2D eigenvalue weighted by atomic mass is 9.79. The molecule has 0 aliphatic carbocycles. The highest BCUT2D eigenvalue weighted by molar-refractivity contribution is 6.32. The Kier molecular flexibility index (Phi) is 6.65. The third-order valence-electron chi connectivity index (χ3n) is 6.03. The molecule has 0 radical (unpaired) electrons. The van der Waals surface area contributed by atoms with Gasteiger partial charge in [0.05, 0.1) is 38.3 Å². The van der Waals surface area contributed by atoms with Gasteiger partial charge in [-0.05, 0) is 47.5 Å². The number of amides is 2. The van der Waals surface area contributed by atoms with E-state index in [4.69, 9.17) is 25.8 Å². The van der Waals surface area contributed by atoms with E-state index < -0.39 is 12.0 Å². The molecular formula is C26H25ClN2O5. The molecule has 0 fully saturated rings. The summed E-state index contributed by atoms with van der Waals surface area (Å²) in [5.74, 6) is 0.472. The standard InChI is InChI=1S/C26H25ClN2O5/c1-29-24(15-9-11-21(33-3)22(13-15)34-4)23(17-7-5-6-8-18(17)26(29)31)25(30)28-16-10-12-20(32-2)19(27)14-16/h5-14,23-24H,1-4H3,(H,28,30)/t23-,24-/m0/s1. The predicted octanol–water partition coefficient (Wildman–Crippen LogP) is 4.92. The molecule has 7 nitrogen and oxygen atoms in total. The largest absolute Gasteiger partial charge is 0.495 e. The van der Waals surface area contributed by atoms with E-state index in [1.807, 2.05) is 18.2 Å². The zero-order chi connectivity index (χ0) is 24.4. The van der Waals surface area contributed by atoms with Crippen LogP contribution in [0.3, 0.4) is 0 Å². The van der Waals surface area contributed by atoms with Crippen LogP contribution in [0.1, 0.15) is 33.4 Å². The van der Waals surface area contributed by atoms with Gasteiger partial charge in [-0.15, -0.1) is 0 Å². The lowest BCUT2D eigenvalue weighted by molar-refractivity contribution is -0.119. The summed E-state index contributed by atoms with van der Waals surface area (Å²) in [4.78, 5) is 28.5. The zero-order valence-corrected chi connectivity index (χ0v) is 20.1. The Morgan fingerprint density at radius 2 is 1.59 bits per heavy atom. The molecule has 4 rings (SSSR count). The molecule has 1 aliphatic rings. The van der Waals surface area contributed by atoms with Crippen molar-refractivity contribution in [3.05, 3.63) is 82.4 Å². The van der Waals surface area contributed by atoms with Crippen molar-refractivity contribution in [1.82, 2.24) is 4.90 Å². The first-order valence-electron chi connectivity index (χ1n) is 10.6. The maximum atomic E-state index is 13.7. The van der Waals surface area contributed by atoms with E-state index in [1.165, 1.54) is 7.11 Å². The van der Waals surface area contributed by atoms with Gasteiger partial charge >= 0.3 is 0 Å². The molecule has 0 spiro atoms. The molecule has 0 bridgehead atoms. The van der Waals surface area contributed by atoms with Crippen LogP contribution in [0.15, 0.2) is 60.7 Å². The van der Waals surface area contributed by atoms with Gasteiger partial charge in [0.2, 0.25) is 5.91 Å². The third-order valence-corrected chi connectivity index (χ3v) is 6.33. The van der Waals surface area contributed by atoms with Gasteiger partial charge in [0.15, 0.2) is 11.5 Å². The van der Waals surface area contributed by atoms with E-state index in [9.17, 15) is 9.59 Å². The lowest BCUT2D eigenvalue weighted by Crippen LogP contribution is -2.44. The van der Waals surface area contributed by atoms with Crippen molar-refractivity contribution in [2.24, 2.45) is 0 Å². The Morgan fingerprint density at radius 1 is 0.912 bits per heavy atom. The summed E-state index contributed by atoms with van der Waals surface area (Å²) in [5, 5.41) is 3.34. The van der Waals surface area contributed by atoms with Crippen molar-refractivity contribution in [2.75, 3.05) is 33.7 Å². The fraction of sp³-hybridized carbons (Fsp3) is 0.231. The van der Waals surface area contributed by atoms with Crippen LogP contribution in [0.5, 0.6) is 17.2 Å². The number of hydrogen-bond acceptors (Lipinski definition) is 5. The number of methoxy groups -OCH3 is 3. The fourth-order valence-corrected chi connectivity index (χ4v) is 4.63. The molecule has 0 saturated carbocycles. The first-order valence-corrected chi connectivity index (χ1v) is 11.0. The summed E-state index contributed by atoms with van der Waals surface area (Å²) in [6.45, 7) is 0. The Bertz CT molecular complexity index is 1250. The Morgan fingerprint density at radius 3 is 2.26 bits per heavy atom. The van der Waals surface area contributed by atoms with E-state index >= 15 is 0 Å². The molecule has 8 heteroatoms. The van der Waals surface area contributed by atoms with E-state index in [-0.39, 0.29) is 11.8 Å². The monoisotopic (exact) mass is 480 g/mol. The quantitative estimate of drug-likeness (QED) is 0.542. The van der Waals surface area contributed by atoms with Gasteiger partial charge in [0.25, 0.3) is 5.91 Å². The maximum absolute atomic E-state index is 13.7. The summed E-state index contributed by atoms with van der Waals surface area (Å²) < 4.78 is 16.0. The van der Waals surface area contributed by atoms with Crippen LogP contribution in [0.2, 0.25) is 5.02 Å². The molecule has 34 heavy (non-hydrogen) atoms. The summed E-state index contributed by atoms with van der Waals surface area (Å²) >= 11 is 6.25. The zero-order valence-electron chi connectivity index (χ0n) is 19.3. The van der Waals surface area contributed by atoms with E-state index in [1.54, 1.807) is 68.6 Å². The molecule has 3 aromatic carbocycles. The number of carbonyl (C=O) groups is 2. The van der Waals surface area contributed by atoms with Crippen molar-refractivity contribution in [1.29, 1.82) is 0 Å². The van der Waals surface area contributed by atoms with Crippen LogP contribution in [0.25, 0.3) is 0 Å². The number of rotatable bonds is 6. The van der Waals surface area contributed by atoms with Crippen LogP contribution in [-0.2, 0) is 4.79 Å². The number of ether oxygens (including phenoxy) is 3. The highest BCUT2D eigenvalue weighted by Crippen LogP contribution is 2.44. The number of benzene rings is 3. The van der Waals surface area contributed by atoms with Gasteiger partial charge in [0, 0.05) is 18.3 Å². The third kappa shape index (κ3) is 4.15. The first-order chi connectivity index (χ1) is 16.4. The highest BCUT2D eigenvalue weighted by Gasteiger charge is 2.42. The van der Waals surface area contributed by atoms with Crippen molar-refractivity contribution >= 4 is 29.1 Å². The lowest BCUT2D eigenvalue weighted by Gasteiger charge is -2.40. The average molecular weight is 481 g/mol. The van der Waals surface area contributed by atoms with E-state index in [0.717, 1.165) is 5.56 Å². The Balaban J connectivity index is 1.80. The molecule has 2 amide bonds. The molecule has 1 N–H and O–H groups in total. The van der Waals surface area contributed by atoms with Crippen molar-refractivity contribution < 1.29 is 23.8 Å².